The van der Waals surface area contributed by atoms with Crippen molar-refractivity contribution in [2.75, 3.05) is 51.0 Å². The molecule has 0 aliphatic heterocycles. The molecule has 16 heavy (non-hydrogen) atoms. The molecule has 0 radical (unpaired) electrons. The lowest BCUT2D eigenvalue weighted by Crippen LogP contribution is -3.00. The lowest BCUT2D eigenvalue weighted by molar-refractivity contribution is -0.868. The Bertz CT molecular complexity index is 334. The summed E-state index contributed by atoms with van der Waals surface area (Å²) in [5, 5.41) is 3.19. The van der Waals surface area contributed by atoms with Gasteiger partial charge in [-0.1, -0.05) is 0 Å². The monoisotopic (exact) mass is 245 g/mol. The second kappa shape index (κ2) is 5.77. The molecule has 1 heterocycles. The smallest absolute Gasteiger partial charge is 0.149 e. The third-order valence-electron chi connectivity index (χ3n) is 2.01. The minimum Gasteiger partial charge on any atom is -1.00 e. The first-order chi connectivity index (χ1) is 6.88. The molecule has 0 unspecified atom stereocenters. The van der Waals surface area contributed by atoms with Crippen LogP contribution in [-0.4, -0.2) is 43.7 Å². The molecule has 1 rings (SSSR count). The lowest BCUT2D eigenvalue weighted by Gasteiger charge is -2.24. The molecule has 0 amide bonds. The number of pyridine rings is 1. The van der Waals surface area contributed by atoms with Crippen molar-refractivity contribution in [3.63, 3.8) is 0 Å². The minimum absolute atomic E-state index is 0. The van der Waals surface area contributed by atoms with E-state index in [4.69, 9.17) is 11.5 Å². The van der Waals surface area contributed by atoms with Crippen LogP contribution in [0.3, 0.4) is 0 Å². The molecular formula is C10H20ClN5. The van der Waals surface area contributed by atoms with Gasteiger partial charge in [0, 0.05) is 0 Å². The lowest BCUT2D eigenvalue weighted by atomic mass is 10.3. The summed E-state index contributed by atoms with van der Waals surface area (Å²) in [7, 11) is 6.42. The molecule has 0 saturated heterocycles. The summed E-state index contributed by atoms with van der Waals surface area (Å²) in [5.74, 6) is 0.706. The number of rotatable bonds is 4. The van der Waals surface area contributed by atoms with E-state index in [1.54, 1.807) is 12.3 Å². The van der Waals surface area contributed by atoms with Crippen LogP contribution in [0.15, 0.2) is 12.3 Å². The summed E-state index contributed by atoms with van der Waals surface area (Å²) in [6.45, 7) is 1.84. The number of nitrogens with one attached hydrogen (secondary N) is 1. The summed E-state index contributed by atoms with van der Waals surface area (Å²) in [5.41, 5.74) is 12.5. The second-order valence-electron chi connectivity index (χ2n) is 4.65. The van der Waals surface area contributed by atoms with Crippen LogP contribution in [0.4, 0.5) is 17.2 Å². The highest BCUT2D eigenvalue weighted by Crippen LogP contribution is 2.16. The molecule has 1 aromatic heterocycles. The van der Waals surface area contributed by atoms with E-state index in [-0.39, 0.29) is 12.4 Å². The van der Waals surface area contributed by atoms with Crippen molar-refractivity contribution in [1.82, 2.24) is 4.98 Å². The van der Waals surface area contributed by atoms with Crippen molar-refractivity contribution in [2.24, 2.45) is 0 Å². The van der Waals surface area contributed by atoms with E-state index in [2.05, 4.69) is 31.4 Å². The first-order valence-corrected chi connectivity index (χ1v) is 4.94. The predicted octanol–water partition coefficient (Wildman–Crippen LogP) is -2.63. The Kier molecular flexibility index (Phi) is 5.33. The van der Waals surface area contributed by atoms with Crippen LogP contribution < -0.4 is 29.2 Å². The van der Waals surface area contributed by atoms with E-state index in [0.29, 0.717) is 17.2 Å². The molecule has 6 heteroatoms. The molecular weight excluding hydrogens is 226 g/mol. The fourth-order valence-corrected chi connectivity index (χ4v) is 1.16. The van der Waals surface area contributed by atoms with E-state index < -0.39 is 0 Å². The molecule has 0 bridgehead atoms. The Balaban J connectivity index is 0.00000225. The van der Waals surface area contributed by atoms with Gasteiger partial charge in [-0.05, 0) is 6.07 Å². The SMILES string of the molecule is C[N+](C)(C)CCNc1ncc(N)cc1N.[Cl-]. The number of quaternary nitrogens is 1. The molecule has 0 aliphatic carbocycles. The molecule has 0 fully saturated rings. The first-order valence-electron chi connectivity index (χ1n) is 4.94. The molecule has 0 aromatic carbocycles. The fraction of sp³-hybridized carbons (Fsp3) is 0.500. The Labute approximate surface area is 103 Å². The molecule has 5 N–H and O–H groups in total. The zero-order valence-electron chi connectivity index (χ0n) is 10.00. The number of aromatic nitrogens is 1. The summed E-state index contributed by atoms with van der Waals surface area (Å²) in [4.78, 5) is 4.13. The van der Waals surface area contributed by atoms with Gasteiger partial charge in [-0.25, -0.2) is 4.98 Å². The third kappa shape index (κ3) is 5.04. The van der Waals surface area contributed by atoms with Crippen molar-refractivity contribution in [3.05, 3.63) is 12.3 Å². The summed E-state index contributed by atoms with van der Waals surface area (Å²) < 4.78 is 0.905. The largest absolute Gasteiger partial charge is 1.00 e. The molecule has 0 atom stereocenters. The van der Waals surface area contributed by atoms with Gasteiger partial charge in [0.1, 0.15) is 5.82 Å². The Morgan fingerprint density at radius 2 is 1.94 bits per heavy atom. The average molecular weight is 246 g/mol. The van der Waals surface area contributed by atoms with E-state index in [9.17, 15) is 0 Å². The van der Waals surface area contributed by atoms with Crippen LogP contribution >= 0.6 is 0 Å². The number of likely N-dealkylation sites (N-methyl/N-ethyl adjacent to an activating group) is 1. The predicted molar refractivity (Wildman–Crippen MR) is 64.5 cm³/mol. The van der Waals surface area contributed by atoms with Gasteiger partial charge in [-0.2, -0.15) is 0 Å². The molecule has 0 spiro atoms. The van der Waals surface area contributed by atoms with E-state index >= 15 is 0 Å². The van der Waals surface area contributed by atoms with Crippen molar-refractivity contribution in [2.45, 2.75) is 0 Å². The maximum Gasteiger partial charge on any atom is 0.149 e. The highest BCUT2D eigenvalue weighted by molar-refractivity contribution is 5.65. The van der Waals surface area contributed by atoms with Gasteiger partial charge in [-0.15, -0.1) is 0 Å². The van der Waals surface area contributed by atoms with Gasteiger partial charge in [0.15, 0.2) is 0 Å². The van der Waals surface area contributed by atoms with Gasteiger partial charge in [0.05, 0.1) is 51.8 Å². The highest BCUT2D eigenvalue weighted by Gasteiger charge is 2.07. The van der Waals surface area contributed by atoms with Crippen molar-refractivity contribution in [3.8, 4) is 0 Å². The van der Waals surface area contributed by atoms with Crippen LogP contribution in [0.2, 0.25) is 0 Å². The average Bonchev–Trinajstić information content (AvgIpc) is 2.07. The van der Waals surface area contributed by atoms with E-state index in [0.717, 1.165) is 17.6 Å². The quantitative estimate of drug-likeness (QED) is 0.508. The topological polar surface area (TPSA) is 77.0 Å². The number of anilines is 3. The highest BCUT2D eigenvalue weighted by atomic mass is 35.5. The van der Waals surface area contributed by atoms with Crippen LogP contribution in [0.1, 0.15) is 0 Å². The fourth-order valence-electron chi connectivity index (χ4n) is 1.16. The van der Waals surface area contributed by atoms with Gasteiger partial charge in [-0.3, -0.25) is 0 Å². The number of nitrogens with zero attached hydrogens (tertiary/aromatic N) is 2. The van der Waals surface area contributed by atoms with Gasteiger partial charge >= 0.3 is 0 Å². The Morgan fingerprint density at radius 3 is 2.44 bits per heavy atom. The molecule has 5 nitrogen and oxygen atoms in total. The number of halogens is 1. The Morgan fingerprint density at radius 1 is 1.31 bits per heavy atom. The maximum absolute atomic E-state index is 5.76. The van der Waals surface area contributed by atoms with Crippen LogP contribution in [0, 0.1) is 0 Å². The van der Waals surface area contributed by atoms with Gasteiger partial charge in [0.2, 0.25) is 0 Å². The zero-order chi connectivity index (χ0) is 11.5. The molecule has 1 aromatic rings. The summed E-state index contributed by atoms with van der Waals surface area (Å²) in [6, 6.07) is 1.71. The minimum atomic E-state index is 0. The van der Waals surface area contributed by atoms with Crippen LogP contribution in [0.5, 0.6) is 0 Å². The van der Waals surface area contributed by atoms with E-state index in [1.165, 1.54) is 0 Å². The maximum atomic E-state index is 5.76. The van der Waals surface area contributed by atoms with Crippen molar-refractivity contribution >= 4 is 17.2 Å². The number of hydrogen-bond donors (Lipinski definition) is 3. The van der Waals surface area contributed by atoms with Crippen LogP contribution in [-0.2, 0) is 0 Å². The van der Waals surface area contributed by atoms with Crippen molar-refractivity contribution in [1.29, 1.82) is 0 Å². The third-order valence-corrected chi connectivity index (χ3v) is 2.01. The van der Waals surface area contributed by atoms with Gasteiger partial charge in [0.25, 0.3) is 0 Å². The summed E-state index contributed by atoms with van der Waals surface area (Å²) >= 11 is 0. The Hall–Kier alpha value is -1.20. The number of hydrogen-bond acceptors (Lipinski definition) is 4. The van der Waals surface area contributed by atoms with Gasteiger partial charge < -0.3 is 33.7 Å². The van der Waals surface area contributed by atoms with Crippen LogP contribution in [0.25, 0.3) is 0 Å². The molecule has 92 valence electrons. The number of nitrogen functional groups attached to an aromatic ring is 2. The summed E-state index contributed by atoms with van der Waals surface area (Å²) in [6.07, 6.45) is 1.60. The number of nitrogens with two attached hydrogens (primary N) is 2. The molecule has 0 saturated carbocycles. The van der Waals surface area contributed by atoms with Crippen molar-refractivity contribution < 1.29 is 16.9 Å². The van der Waals surface area contributed by atoms with E-state index in [1.807, 2.05) is 0 Å². The molecule has 0 aliphatic rings. The standard InChI is InChI=1S/C10H20N5.ClH/c1-15(2,3)5-4-13-10-9(12)6-8(11)7-14-10;/h6-7H,4-5,11-12H2,1-3H3,(H,13,14);1H/q+1;/p-1. The first kappa shape index (κ1) is 14.8. The zero-order valence-corrected chi connectivity index (χ0v) is 10.8. The second-order valence-corrected chi connectivity index (χ2v) is 4.65. The normalized spacial score (nSPS) is 10.7.